The van der Waals surface area contributed by atoms with Crippen LogP contribution in [0, 0.1) is 11.8 Å². The van der Waals surface area contributed by atoms with Crippen molar-refractivity contribution in [2.75, 3.05) is 33.3 Å². The lowest BCUT2D eigenvalue weighted by atomic mass is 10.0. The largest absolute Gasteiger partial charge is 0.497 e. The van der Waals surface area contributed by atoms with Gasteiger partial charge in [-0.05, 0) is 41.2 Å². The van der Waals surface area contributed by atoms with Crippen LogP contribution in [0.1, 0.15) is 11.1 Å². The number of pyridine rings is 1. The number of methoxy groups -OCH3 is 1. The lowest BCUT2D eigenvalue weighted by Crippen LogP contribution is -2.28. The molecule has 3 N–H and O–H groups in total. The third-order valence-electron chi connectivity index (χ3n) is 6.06. The van der Waals surface area contributed by atoms with Gasteiger partial charge in [-0.1, -0.05) is 18.2 Å². The number of aromatic nitrogens is 1. The first-order chi connectivity index (χ1) is 20.6. The SMILES string of the molecule is COc1ccc(CN2C[C@@H]3CN(Cc4cccnc4)C[C@@H]3C2)cc1.O=C(O)C(F)(F)F.O=C(O)C(F)(F)F.O=C(O)C(F)(F)F. The first-order valence-electron chi connectivity index (χ1n) is 12.5. The van der Waals surface area contributed by atoms with Crippen molar-refractivity contribution >= 4 is 17.9 Å². The van der Waals surface area contributed by atoms with Gasteiger partial charge >= 0.3 is 36.4 Å². The van der Waals surface area contributed by atoms with Gasteiger partial charge in [0.25, 0.3) is 0 Å². The zero-order valence-electron chi connectivity index (χ0n) is 23.2. The minimum Gasteiger partial charge on any atom is -0.497 e. The number of hydrogen-bond donors (Lipinski definition) is 3. The van der Waals surface area contributed by atoms with Crippen molar-refractivity contribution in [2.45, 2.75) is 31.6 Å². The van der Waals surface area contributed by atoms with Gasteiger partial charge in [0, 0.05) is 51.7 Å². The highest BCUT2D eigenvalue weighted by atomic mass is 19.4. The number of alkyl halides is 9. The van der Waals surface area contributed by atoms with Crippen LogP contribution in [0.15, 0.2) is 48.8 Å². The fraction of sp³-hybridized carbons (Fsp3) is 0.462. The average molecular weight is 666 g/mol. The summed E-state index contributed by atoms with van der Waals surface area (Å²) < 4.78 is 100. The molecule has 2 aromatic rings. The van der Waals surface area contributed by atoms with Crippen LogP contribution < -0.4 is 4.74 Å². The molecule has 0 unspecified atom stereocenters. The number of rotatable bonds is 5. The zero-order valence-corrected chi connectivity index (χ0v) is 23.2. The Morgan fingerprint density at radius 2 is 1.07 bits per heavy atom. The molecule has 4 rings (SSSR count). The number of halogens is 9. The van der Waals surface area contributed by atoms with E-state index in [9.17, 15) is 39.5 Å². The summed E-state index contributed by atoms with van der Waals surface area (Å²) in [7, 11) is 1.72. The number of ether oxygens (including phenoxy) is 1. The number of nitrogens with zero attached hydrogens (tertiary/aromatic N) is 3. The number of benzene rings is 1. The van der Waals surface area contributed by atoms with Gasteiger partial charge in [0.2, 0.25) is 0 Å². The van der Waals surface area contributed by atoms with Crippen molar-refractivity contribution in [3.63, 3.8) is 0 Å². The van der Waals surface area contributed by atoms with Crippen LogP contribution in [0.3, 0.4) is 0 Å². The molecule has 10 nitrogen and oxygen atoms in total. The number of aliphatic carboxylic acids is 3. The monoisotopic (exact) mass is 665 g/mol. The van der Waals surface area contributed by atoms with E-state index in [1.807, 2.05) is 18.5 Å². The molecule has 0 radical (unpaired) electrons. The third-order valence-corrected chi connectivity index (χ3v) is 6.06. The molecule has 1 aromatic carbocycles. The van der Waals surface area contributed by atoms with Crippen LogP contribution in [0.2, 0.25) is 0 Å². The Bertz CT molecular complexity index is 1150. The molecule has 45 heavy (non-hydrogen) atoms. The van der Waals surface area contributed by atoms with E-state index in [-0.39, 0.29) is 0 Å². The van der Waals surface area contributed by atoms with Crippen molar-refractivity contribution in [3.05, 3.63) is 59.9 Å². The first-order valence-corrected chi connectivity index (χ1v) is 12.5. The van der Waals surface area contributed by atoms with E-state index in [1.165, 1.54) is 37.3 Å². The second-order valence-electron chi connectivity index (χ2n) is 9.53. The summed E-state index contributed by atoms with van der Waals surface area (Å²) in [6.45, 7) is 6.98. The van der Waals surface area contributed by atoms with Gasteiger partial charge in [-0.2, -0.15) is 39.5 Å². The van der Waals surface area contributed by atoms with E-state index in [0.29, 0.717) is 0 Å². The first kappa shape index (κ1) is 38.9. The summed E-state index contributed by atoms with van der Waals surface area (Å²) in [6.07, 6.45) is -11.4. The average Bonchev–Trinajstić information content (AvgIpc) is 3.47. The normalized spacial score (nSPS) is 18.2. The van der Waals surface area contributed by atoms with Gasteiger partial charge in [0.15, 0.2) is 0 Å². The molecule has 0 aliphatic carbocycles. The number of carboxylic acid groups (broad SMARTS) is 3. The van der Waals surface area contributed by atoms with E-state index < -0.39 is 36.4 Å². The summed E-state index contributed by atoms with van der Waals surface area (Å²) in [6, 6.07) is 12.7. The molecule has 3 heterocycles. The topological polar surface area (TPSA) is 140 Å². The van der Waals surface area contributed by atoms with E-state index in [4.69, 9.17) is 34.4 Å². The van der Waals surface area contributed by atoms with Crippen LogP contribution in [0.25, 0.3) is 0 Å². The number of carboxylic acids is 3. The minimum atomic E-state index is -5.08. The Morgan fingerprint density at radius 1 is 0.711 bits per heavy atom. The van der Waals surface area contributed by atoms with Gasteiger partial charge in [-0.25, -0.2) is 14.4 Å². The predicted octanol–water partition coefficient (Wildman–Crippen LogP) is 4.55. The van der Waals surface area contributed by atoms with Gasteiger partial charge in [-0.15, -0.1) is 0 Å². The highest BCUT2D eigenvalue weighted by Crippen LogP contribution is 2.32. The zero-order chi connectivity index (χ0) is 34.6. The number of carbonyl (C=O) groups is 3. The van der Waals surface area contributed by atoms with Gasteiger partial charge in [0.1, 0.15) is 5.75 Å². The van der Waals surface area contributed by atoms with Crippen molar-refractivity contribution in [3.8, 4) is 5.75 Å². The predicted molar refractivity (Wildman–Crippen MR) is 136 cm³/mol. The number of likely N-dealkylation sites (tertiary alicyclic amines) is 2. The number of fused-ring (bicyclic) bond motifs is 1. The Balaban J connectivity index is 0.000000396. The van der Waals surface area contributed by atoms with Crippen LogP contribution >= 0.6 is 0 Å². The molecule has 2 fully saturated rings. The van der Waals surface area contributed by atoms with Crippen molar-refractivity contribution < 1.29 is 74.0 Å². The summed E-state index contributed by atoms with van der Waals surface area (Å²) in [5, 5.41) is 21.4. The van der Waals surface area contributed by atoms with Crippen LogP contribution in [-0.4, -0.2) is 99.8 Å². The third kappa shape index (κ3) is 14.9. The van der Waals surface area contributed by atoms with Gasteiger partial charge in [0.05, 0.1) is 7.11 Å². The van der Waals surface area contributed by atoms with E-state index in [0.717, 1.165) is 30.7 Å². The molecule has 19 heteroatoms. The smallest absolute Gasteiger partial charge is 0.490 e. The molecule has 2 saturated heterocycles. The summed E-state index contributed by atoms with van der Waals surface area (Å²) in [5.74, 6) is -5.70. The molecule has 0 saturated carbocycles. The summed E-state index contributed by atoms with van der Waals surface area (Å²) in [4.78, 5) is 36.1. The van der Waals surface area contributed by atoms with Gasteiger partial charge < -0.3 is 20.1 Å². The molecule has 1 aromatic heterocycles. The quantitative estimate of drug-likeness (QED) is 0.390. The molecular weight excluding hydrogens is 637 g/mol. The second kappa shape index (κ2) is 16.8. The molecule has 0 amide bonds. The minimum absolute atomic E-state index is 0.819. The van der Waals surface area contributed by atoms with Gasteiger partial charge in [-0.3, -0.25) is 14.8 Å². The maximum absolute atomic E-state index is 10.6. The molecule has 2 aliphatic rings. The highest BCUT2D eigenvalue weighted by Gasteiger charge is 2.40. The van der Waals surface area contributed by atoms with Crippen LogP contribution in [-0.2, 0) is 27.5 Å². The summed E-state index contributed by atoms with van der Waals surface area (Å²) >= 11 is 0. The van der Waals surface area contributed by atoms with E-state index in [1.54, 1.807) is 7.11 Å². The van der Waals surface area contributed by atoms with Crippen LogP contribution in [0.4, 0.5) is 39.5 Å². The molecule has 0 bridgehead atoms. The Kier molecular flexibility index (Phi) is 14.5. The number of hydrogen-bond acceptors (Lipinski definition) is 7. The fourth-order valence-electron chi connectivity index (χ4n) is 4.18. The summed E-state index contributed by atoms with van der Waals surface area (Å²) in [5.41, 5.74) is 2.70. The molecule has 2 aliphatic heterocycles. The van der Waals surface area contributed by atoms with Crippen molar-refractivity contribution in [2.24, 2.45) is 11.8 Å². The Morgan fingerprint density at radius 3 is 1.36 bits per heavy atom. The highest BCUT2D eigenvalue weighted by molar-refractivity contribution is 5.73. The lowest BCUT2D eigenvalue weighted by Gasteiger charge is -2.21. The standard InChI is InChI=1S/C20H25N3O.3C2HF3O2/c1-24-20-6-4-16(5-7-20)10-22-12-18-14-23(15-19(18)13-22)11-17-3-2-8-21-9-17;3*3-2(4,5)1(6)7/h2-9,18-19H,10-15H2,1H3;3*(H,6,7)/t18-,19+;;;. The lowest BCUT2D eigenvalue weighted by molar-refractivity contribution is -0.193. The molecule has 252 valence electrons. The van der Waals surface area contributed by atoms with E-state index in [2.05, 4.69) is 45.1 Å². The molecule has 2 atom stereocenters. The van der Waals surface area contributed by atoms with Crippen LogP contribution in [0.5, 0.6) is 5.75 Å². The maximum atomic E-state index is 10.6. The van der Waals surface area contributed by atoms with Crippen molar-refractivity contribution in [1.29, 1.82) is 0 Å². The maximum Gasteiger partial charge on any atom is 0.490 e. The fourth-order valence-corrected chi connectivity index (χ4v) is 4.18. The molecular formula is C26H28F9N3O7. The molecule has 0 spiro atoms. The Labute approximate surface area is 249 Å². The second-order valence-corrected chi connectivity index (χ2v) is 9.53. The van der Waals surface area contributed by atoms with E-state index >= 15 is 0 Å². The van der Waals surface area contributed by atoms with Crippen molar-refractivity contribution in [1.82, 2.24) is 14.8 Å². The Hall–Kier alpha value is -4.13.